The third-order valence-corrected chi connectivity index (χ3v) is 8.44. The number of nitrogens with one attached hydrogen (secondary N) is 1. The summed E-state index contributed by atoms with van der Waals surface area (Å²) in [5.41, 5.74) is 1.26. The van der Waals surface area contributed by atoms with E-state index in [-0.39, 0.29) is 5.82 Å². The SMILES string of the molecule is O[C@H](COCCC12CC3CC(CC(C3)C1)C2)C[NH+]1CCN(c2ccccc2F)CC1. The number of quaternary nitrogens is 1. The van der Waals surface area contributed by atoms with E-state index in [1.54, 1.807) is 6.07 Å². The van der Waals surface area contributed by atoms with Crippen molar-refractivity contribution in [3.63, 3.8) is 0 Å². The minimum absolute atomic E-state index is 0.145. The van der Waals surface area contributed by atoms with Crippen molar-refractivity contribution >= 4 is 5.69 Å². The van der Waals surface area contributed by atoms with Crippen molar-refractivity contribution in [1.82, 2.24) is 0 Å². The molecular formula is C25H38FN2O2+. The topological polar surface area (TPSA) is 37.1 Å². The second-order valence-corrected chi connectivity index (χ2v) is 10.8. The summed E-state index contributed by atoms with van der Waals surface area (Å²) < 4.78 is 19.9. The number of piperazine rings is 1. The van der Waals surface area contributed by atoms with Crippen LogP contribution in [0.1, 0.15) is 44.9 Å². The number of nitrogens with zero attached hydrogens (tertiary/aromatic N) is 1. The van der Waals surface area contributed by atoms with Crippen LogP contribution in [0.2, 0.25) is 0 Å². The first kappa shape index (κ1) is 20.7. The second-order valence-electron chi connectivity index (χ2n) is 10.8. The van der Waals surface area contributed by atoms with E-state index in [9.17, 15) is 9.50 Å². The van der Waals surface area contributed by atoms with E-state index in [1.165, 1.54) is 55.9 Å². The number of rotatable bonds is 8. The molecule has 0 amide bonds. The summed E-state index contributed by atoms with van der Waals surface area (Å²) in [7, 11) is 0. The van der Waals surface area contributed by atoms with Crippen molar-refractivity contribution in [3.8, 4) is 0 Å². The van der Waals surface area contributed by atoms with Crippen LogP contribution in [-0.4, -0.2) is 57.1 Å². The van der Waals surface area contributed by atoms with E-state index in [1.807, 2.05) is 12.1 Å². The molecular weight excluding hydrogens is 379 g/mol. The average molecular weight is 418 g/mol. The molecule has 4 aliphatic carbocycles. The molecule has 5 fully saturated rings. The lowest BCUT2D eigenvalue weighted by Gasteiger charge is -2.57. The van der Waals surface area contributed by atoms with E-state index >= 15 is 0 Å². The van der Waals surface area contributed by atoms with Gasteiger partial charge in [0.25, 0.3) is 0 Å². The van der Waals surface area contributed by atoms with Crippen LogP contribution >= 0.6 is 0 Å². The Morgan fingerprint density at radius 1 is 1.07 bits per heavy atom. The standard InChI is InChI=1S/C25H37FN2O2/c26-23-3-1-2-4-24(23)28-8-6-27(7-9-28)17-22(29)18-30-10-5-25-14-19-11-20(15-25)13-21(12-19)16-25/h1-4,19-22,29H,5-18H2/p+1/t19?,20?,21?,22-,25?/m0/s1. The lowest BCUT2D eigenvalue weighted by atomic mass is 9.49. The van der Waals surface area contributed by atoms with E-state index in [2.05, 4.69) is 4.90 Å². The van der Waals surface area contributed by atoms with Gasteiger partial charge in [0.1, 0.15) is 18.5 Å². The maximum atomic E-state index is 14.0. The minimum Gasteiger partial charge on any atom is -0.385 e. The molecule has 5 aliphatic rings. The zero-order valence-corrected chi connectivity index (χ0v) is 18.2. The Morgan fingerprint density at radius 2 is 1.70 bits per heavy atom. The average Bonchev–Trinajstić information content (AvgIpc) is 2.71. The van der Waals surface area contributed by atoms with Gasteiger partial charge >= 0.3 is 0 Å². The number of ether oxygens (including phenoxy) is 1. The second kappa shape index (κ2) is 8.76. The summed E-state index contributed by atoms with van der Waals surface area (Å²) in [6.07, 6.45) is 9.56. The number of anilines is 1. The van der Waals surface area contributed by atoms with Gasteiger partial charge in [0.05, 0.1) is 38.5 Å². The maximum Gasteiger partial charge on any atom is 0.146 e. The molecule has 5 heteroatoms. The molecule has 30 heavy (non-hydrogen) atoms. The Morgan fingerprint density at radius 3 is 2.33 bits per heavy atom. The summed E-state index contributed by atoms with van der Waals surface area (Å²) in [5, 5.41) is 10.5. The molecule has 1 saturated heterocycles. The molecule has 1 aromatic carbocycles. The van der Waals surface area contributed by atoms with Gasteiger partial charge in [-0.3, -0.25) is 0 Å². The summed E-state index contributed by atoms with van der Waals surface area (Å²) in [6, 6.07) is 7.01. The molecule has 1 aromatic rings. The van der Waals surface area contributed by atoms with Crippen molar-refractivity contribution in [2.24, 2.45) is 23.2 Å². The quantitative estimate of drug-likeness (QED) is 0.639. The first-order valence-corrected chi connectivity index (χ1v) is 12.2. The molecule has 1 aliphatic heterocycles. The minimum atomic E-state index is -0.406. The number of benzene rings is 1. The van der Waals surface area contributed by atoms with Gasteiger partial charge in [-0.05, 0) is 80.2 Å². The Labute approximate surface area is 180 Å². The van der Waals surface area contributed by atoms with Crippen molar-refractivity contribution in [3.05, 3.63) is 30.1 Å². The zero-order valence-electron chi connectivity index (χ0n) is 18.2. The van der Waals surface area contributed by atoms with Crippen LogP contribution in [0.5, 0.6) is 0 Å². The molecule has 0 aromatic heterocycles. The highest BCUT2D eigenvalue weighted by molar-refractivity contribution is 5.47. The van der Waals surface area contributed by atoms with E-state index < -0.39 is 6.10 Å². The highest BCUT2D eigenvalue weighted by atomic mass is 19.1. The normalized spacial score (nSPS) is 34.5. The van der Waals surface area contributed by atoms with E-state index in [0.29, 0.717) is 17.7 Å². The predicted molar refractivity (Wildman–Crippen MR) is 116 cm³/mol. The first-order valence-electron chi connectivity index (χ1n) is 12.2. The van der Waals surface area contributed by atoms with Gasteiger partial charge in [0.15, 0.2) is 0 Å². The van der Waals surface area contributed by atoms with Crippen molar-refractivity contribution in [1.29, 1.82) is 0 Å². The first-order chi connectivity index (χ1) is 14.6. The van der Waals surface area contributed by atoms with Crippen LogP contribution in [0, 0.1) is 29.0 Å². The molecule has 1 atom stereocenters. The van der Waals surface area contributed by atoms with Crippen LogP contribution in [0.15, 0.2) is 24.3 Å². The fourth-order valence-corrected chi connectivity index (χ4v) is 7.47. The van der Waals surface area contributed by atoms with Gasteiger partial charge in [0.2, 0.25) is 0 Å². The third kappa shape index (κ3) is 4.53. The highest BCUT2D eigenvalue weighted by Crippen LogP contribution is 2.61. The van der Waals surface area contributed by atoms with Gasteiger partial charge in [-0.2, -0.15) is 0 Å². The maximum absolute atomic E-state index is 14.0. The van der Waals surface area contributed by atoms with Crippen LogP contribution in [0.25, 0.3) is 0 Å². The van der Waals surface area contributed by atoms with Gasteiger partial charge in [-0.15, -0.1) is 0 Å². The largest absolute Gasteiger partial charge is 0.385 e. The van der Waals surface area contributed by atoms with Crippen molar-refractivity contribution < 1.29 is 19.1 Å². The van der Waals surface area contributed by atoms with Crippen LogP contribution in [0.4, 0.5) is 10.1 Å². The lowest BCUT2D eigenvalue weighted by Crippen LogP contribution is -3.16. The fraction of sp³-hybridized carbons (Fsp3) is 0.760. The van der Waals surface area contributed by atoms with Crippen LogP contribution in [0.3, 0.4) is 0 Å². The summed E-state index contributed by atoms with van der Waals surface area (Å²) >= 11 is 0. The van der Waals surface area contributed by atoms with Crippen molar-refractivity contribution in [2.75, 3.05) is 50.8 Å². The summed E-state index contributed by atoms with van der Waals surface area (Å²) in [6.45, 7) is 5.50. The molecule has 2 N–H and O–H groups in total. The molecule has 0 spiro atoms. The number of para-hydroxylation sites is 1. The molecule has 6 rings (SSSR count). The number of aliphatic hydroxyl groups is 1. The van der Waals surface area contributed by atoms with E-state index in [4.69, 9.17) is 4.74 Å². The Bertz CT molecular complexity index is 684. The molecule has 4 bridgehead atoms. The smallest absolute Gasteiger partial charge is 0.146 e. The molecule has 0 radical (unpaired) electrons. The Kier molecular flexibility index (Phi) is 6.05. The molecule has 4 saturated carbocycles. The number of halogens is 1. The molecule has 0 unspecified atom stereocenters. The lowest BCUT2D eigenvalue weighted by molar-refractivity contribution is -0.903. The summed E-state index contributed by atoms with van der Waals surface area (Å²) in [5.74, 6) is 2.84. The van der Waals surface area contributed by atoms with Gasteiger partial charge in [-0.1, -0.05) is 12.1 Å². The van der Waals surface area contributed by atoms with Gasteiger partial charge in [0, 0.05) is 6.61 Å². The monoisotopic (exact) mass is 417 g/mol. The van der Waals surface area contributed by atoms with Crippen LogP contribution < -0.4 is 9.80 Å². The van der Waals surface area contributed by atoms with Gasteiger partial charge in [-0.25, -0.2) is 4.39 Å². The number of aliphatic hydroxyl groups excluding tert-OH is 1. The predicted octanol–water partition coefficient (Wildman–Crippen LogP) is 2.51. The third-order valence-electron chi connectivity index (χ3n) is 8.44. The highest BCUT2D eigenvalue weighted by Gasteiger charge is 2.50. The molecule has 1 heterocycles. The Hall–Kier alpha value is -1.17. The van der Waals surface area contributed by atoms with Gasteiger partial charge < -0.3 is 19.6 Å². The molecule has 4 nitrogen and oxygen atoms in total. The van der Waals surface area contributed by atoms with E-state index in [0.717, 1.165) is 57.1 Å². The van der Waals surface area contributed by atoms with Crippen molar-refractivity contribution in [2.45, 2.75) is 51.0 Å². The van der Waals surface area contributed by atoms with Crippen LogP contribution in [-0.2, 0) is 4.74 Å². The summed E-state index contributed by atoms with van der Waals surface area (Å²) in [4.78, 5) is 3.51. The number of hydrogen-bond acceptors (Lipinski definition) is 3. The zero-order chi connectivity index (χ0) is 20.6. The fourth-order valence-electron chi connectivity index (χ4n) is 7.47. The molecule has 166 valence electrons. The number of hydrogen-bond donors (Lipinski definition) is 2. The Balaban J connectivity index is 1.00.